The highest BCUT2D eigenvalue weighted by Crippen LogP contribution is 2.16. The van der Waals surface area contributed by atoms with E-state index in [1.165, 1.54) is 4.57 Å². The van der Waals surface area contributed by atoms with Gasteiger partial charge in [-0.1, -0.05) is 24.3 Å². The van der Waals surface area contributed by atoms with Gasteiger partial charge in [-0.05, 0) is 83.3 Å². The lowest BCUT2D eigenvalue weighted by Gasteiger charge is -2.10. The number of nitrogens with zero attached hydrogens (tertiary/aromatic N) is 1. The molecule has 0 spiro atoms. The summed E-state index contributed by atoms with van der Waals surface area (Å²) in [5.41, 5.74) is 2.14. The first kappa shape index (κ1) is 18.6. The summed E-state index contributed by atoms with van der Waals surface area (Å²) >= 11 is 7.57. The molecule has 4 rings (SSSR count). The van der Waals surface area contributed by atoms with Crippen LogP contribution in [0.25, 0.3) is 16.6 Å². The van der Waals surface area contributed by atoms with Crippen molar-refractivity contribution in [2.45, 2.75) is 0 Å². The van der Waals surface area contributed by atoms with E-state index in [1.807, 2.05) is 54.6 Å². The van der Waals surface area contributed by atoms with Crippen LogP contribution in [0.5, 0.6) is 0 Å². The molecule has 1 amide bonds. The van der Waals surface area contributed by atoms with Gasteiger partial charge in [0.15, 0.2) is 4.77 Å². The van der Waals surface area contributed by atoms with Crippen molar-refractivity contribution in [3.8, 4) is 5.69 Å². The monoisotopic (exact) mass is 499 g/mol. The minimum atomic E-state index is -0.254. The Morgan fingerprint density at radius 1 is 1.00 bits per heavy atom. The maximum absolute atomic E-state index is 12.9. The van der Waals surface area contributed by atoms with E-state index in [1.54, 1.807) is 18.2 Å². The van der Waals surface area contributed by atoms with Crippen molar-refractivity contribution in [2.24, 2.45) is 0 Å². The number of carbonyl (C=O) groups is 1. The molecule has 3 aromatic carbocycles. The van der Waals surface area contributed by atoms with Gasteiger partial charge in [-0.25, -0.2) is 0 Å². The van der Waals surface area contributed by atoms with Crippen LogP contribution in [0.1, 0.15) is 10.4 Å². The zero-order chi connectivity index (χ0) is 19.7. The van der Waals surface area contributed by atoms with Crippen LogP contribution in [0, 0.1) is 8.34 Å². The second-order valence-electron chi connectivity index (χ2n) is 6.13. The van der Waals surface area contributed by atoms with Crippen molar-refractivity contribution in [3.63, 3.8) is 0 Å². The minimum absolute atomic E-state index is 0.227. The number of anilines is 1. The van der Waals surface area contributed by atoms with Crippen molar-refractivity contribution in [2.75, 3.05) is 5.32 Å². The molecule has 1 heterocycles. The normalized spacial score (nSPS) is 10.8. The molecule has 0 saturated carbocycles. The molecule has 2 N–H and O–H groups in total. The van der Waals surface area contributed by atoms with Gasteiger partial charge < -0.3 is 10.3 Å². The summed E-state index contributed by atoms with van der Waals surface area (Å²) in [6.45, 7) is 0. The maximum Gasteiger partial charge on any atom is 0.266 e. The number of hydrogen-bond acceptors (Lipinski definition) is 3. The second kappa shape index (κ2) is 7.69. The van der Waals surface area contributed by atoms with Crippen molar-refractivity contribution < 1.29 is 4.79 Å². The van der Waals surface area contributed by atoms with E-state index in [9.17, 15) is 9.59 Å². The molecule has 0 aliphatic rings. The highest BCUT2D eigenvalue weighted by Gasteiger charge is 2.11. The maximum atomic E-state index is 12.9. The number of halogens is 1. The van der Waals surface area contributed by atoms with E-state index in [2.05, 4.69) is 32.9 Å². The third-order valence-corrected chi connectivity index (χ3v) is 5.21. The number of rotatable bonds is 3. The van der Waals surface area contributed by atoms with Gasteiger partial charge in [-0.3, -0.25) is 14.2 Å². The Bertz CT molecular complexity index is 1310. The van der Waals surface area contributed by atoms with Crippen molar-refractivity contribution >= 4 is 57.3 Å². The van der Waals surface area contributed by atoms with E-state index in [0.29, 0.717) is 27.8 Å². The molecule has 0 aliphatic heterocycles. The smallest absolute Gasteiger partial charge is 0.266 e. The van der Waals surface area contributed by atoms with E-state index in [0.717, 1.165) is 3.57 Å². The van der Waals surface area contributed by atoms with E-state index < -0.39 is 0 Å². The Morgan fingerprint density at radius 3 is 2.54 bits per heavy atom. The van der Waals surface area contributed by atoms with Gasteiger partial charge in [-0.15, -0.1) is 0 Å². The third kappa shape index (κ3) is 3.63. The lowest BCUT2D eigenvalue weighted by atomic mass is 10.1. The number of nitrogens with one attached hydrogen (secondary N) is 2. The number of carbonyl (C=O) groups excluding carboxylic acids is 1. The summed E-state index contributed by atoms with van der Waals surface area (Å²) < 4.78 is 2.75. The van der Waals surface area contributed by atoms with Crippen molar-refractivity contribution in [1.82, 2.24) is 9.55 Å². The summed E-state index contributed by atoms with van der Waals surface area (Å²) in [5, 5.41) is 3.32. The molecule has 138 valence electrons. The summed E-state index contributed by atoms with van der Waals surface area (Å²) in [6, 6.07) is 21.7. The highest BCUT2D eigenvalue weighted by molar-refractivity contribution is 14.1. The van der Waals surface area contributed by atoms with Crippen LogP contribution >= 0.6 is 34.8 Å². The van der Waals surface area contributed by atoms with E-state index >= 15 is 0 Å². The SMILES string of the molecule is O=C(Nc1cccc(I)c1)c1ccc2c(=O)n(-c3ccccc3)c(=S)[nH]c2c1. The summed E-state index contributed by atoms with van der Waals surface area (Å²) in [4.78, 5) is 28.6. The van der Waals surface area contributed by atoms with Gasteiger partial charge in [0.05, 0.1) is 16.6 Å². The predicted molar refractivity (Wildman–Crippen MR) is 122 cm³/mol. The van der Waals surface area contributed by atoms with Crippen LogP contribution < -0.4 is 10.9 Å². The van der Waals surface area contributed by atoms with Gasteiger partial charge in [0.2, 0.25) is 0 Å². The zero-order valence-electron chi connectivity index (χ0n) is 14.5. The Hall–Kier alpha value is -2.78. The number of fused-ring (bicyclic) bond motifs is 1. The average molecular weight is 499 g/mol. The Balaban J connectivity index is 1.75. The molecule has 7 heteroatoms. The van der Waals surface area contributed by atoms with Gasteiger partial charge in [0.1, 0.15) is 0 Å². The summed E-state index contributed by atoms with van der Waals surface area (Å²) in [7, 11) is 0. The second-order valence-corrected chi connectivity index (χ2v) is 7.76. The number of amides is 1. The molecule has 28 heavy (non-hydrogen) atoms. The molecular formula is C21H14IN3O2S. The topological polar surface area (TPSA) is 66.9 Å². The van der Waals surface area contributed by atoms with Crippen LogP contribution in [0.4, 0.5) is 5.69 Å². The first-order chi connectivity index (χ1) is 13.5. The largest absolute Gasteiger partial charge is 0.331 e. The molecule has 0 fully saturated rings. The molecule has 4 aromatic rings. The molecule has 0 radical (unpaired) electrons. The highest BCUT2D eigenvalue weighted by atomic mass is 127. The van der Waals surface area contributed by atoms with E-state index in [-0.39, 0.29) is 16.2 Å². The molecule has 5 nitrogen and oxygen atoms in total. The fraction of sp³-hybridized carbons (Fsp3) is 0. The average Bonchev–Trinajstić information content (AvgIpc) is 2.68. The first-order valence-electron chi connectivity index (χ1n) is 8.44. The Morgan fingerprint density at radius 2 is 1.79 bits per heavy atom. The van der Waals surface area contributed by atoms with Crippen molar-refractivity contribution in [3.05, 3.63) is 97.1 Å². The Labute approximate surface area is 179 Å². The van der Waals surface area contributed by atoms with Gasteiger partial charge in [-0.2, -0.15) is 0 Å². The molecule has 0 saturated heterocycles. The molecule has 0 atom stereocenters. The number of hydrogen-bond donors (Lipinski definition) is 2. The lowest BCUT2D eigenvalue weighted by molar-refractivity contribution is 0.102. The van der Waals surface area contributed by atoms with Gasteiger partial charge in [0, 0.05) is 14.8 Å². The van der Waals surface area contributed by atoms with Crippen LogP contribution in [0.2, 0.25) is 0 Å². The number of para-hydroxylation sites is 1. The fourth-order valence-corrected chi connectivity index (χ4v) is 3.78. The fourth-order valence-electron chi connectivity index (χ4n) is 2.94. The quantitative estimate of drug-likeness (QED) is 0.311. The van der Waals surface area contributed by atoms with Crippen LogP contribution in [0.3, 0.4) is 0 Å². The molecule has 1 aromatic heterocycles. The standard InChI is InChI=1S/C21H14IN3O2S/c22-14-5-4-6-15(12-14)23-19(26)13-9-10-17-18(11-13)24-21(28)25(20(17)27)16-7-2-1-3-8-16/h1-12H,(H,23,26)(H,24,28). The number of aromatic nitrogens is 2. The molecule has 0 aliphatic carbocycles. The number of H-pyrrole nitrogens is 1. The number of aromatic amines is 1. The minimum Gasteiger partial charge on any atom is -0.331 e. The van der Waals surface area contributed by atoms with Crippen molar-refractivity contribution in [1.29, 1.82) is 0 Å². The summed E-state index contributed by atoms with van der Waals surface area (Å²) in [5.74, 6) is -0.254. The molecule has 0 bridgehead atoms. The van der Waals surface area contributed by atoms with Crippen LogP contribution in [0.15, 0.2) is 77.6 Å². The van der Waals surface area contributed by atoms with E-state index in [4.69, 9.17) is 12.2 Å². The van der Waals surface area contributed by atoms with Gasteiger partial charge in [0.25, 0.3) is 11.5 Å². The zero-order valence-corrected chi connectivity index (χ0v) is 17.5. The molecular weight excluding hydrogens is 485 g/mol. The van der Waals surface area contributed by atoms with Gasteiger partial charge >= 0.3 is 0 Å². The summed E-state index contributed by atoms with van der Waals surface area (Å²) in [6.07, 6.45) is 0. The van der Waals surface area contributed by atoms with Crippen LogP contribution in [-0.2, 0) is 0 Å². The number of benzene rings is 3. The Kier molecular flexibility index (Phi) is 5.10. The predicted octanol–water partition coefficient (Wildman–Crippen LogP) is 4.91. The van der Waals surface area contributed by atoms with Crippen LogP contribution in [-0.4, -0.2) is 15.5 Å². The lowest BCUT2D eigenvalue weighted by Crippen LogP contribution is -2.21. The first-order valence-corrected chi connectivity index (χ1v) is 9.93. The molecule has 0 unspecified atom stereocenters. The third-order valence-electron chi connectivity index (χ3n) is 4.26.